The van der Waals surface area contributed by atoms with Gasteiger partial charge in [-0.05, 0) is 139 Å². The second-order valence-electron chi connectivity index (χ2n) is 20.7. The molecule has 0 atom stereocenters. The quantitative estimate of drug-likeness (QED) is 0.105. The molecule has 0 radical (unpaired) electrons. The largest absolute Gasteiger partial charge is 0.455 e. The fraction of sp³-hybridized carbons (Fsp3) is 0.0685. The number of fused-ring (bicyclic) bond motifs is 11. The minimum atomic E-state index is 0.301. The van der Waals surface area contributed by atoms with Crippen LogP contribution in [0.3, 0.4) is 0 Å². The van der Waals surface area contributed by atoms with Crippen LogP contribution < -0.4 is 0 Å². The van der Waals surface area contributed by atoms with Gasteiger partial charge in [0.05, 0.1) is 16.7 Å². The van der Waals surface area contributed by atoms with Gasteiger partial charge in [-0.15, -0.1) is 0 Å². The van der Waals surface area contributed by atoms with Gasteiger partial charge in [-0.1, -0.05) is 202 Å². The molecule has 0 aliphatic rings. The van der Waals surface area contributed by atoms with E-state index in [1.54, 1.807) is 0 Å². The first-order valence-corrected chi connectivity index (χ1v) is 26.6. The SMILES string of the molecule is C=C(/N=C(\N=C(/C)c1cc2oc3c4ccccc4ccc3c2cc1Cc1cc2ccccc2cc1-c1cc2ccccc2cc1C(C)C)c1cccc2c1c1ccccc1n2-c1ccccc1)c1cccc2ccccc12. The van der Waals surface area contributed by atoms with Crippen LogP contribution in [0.5, 0.6) is 0 Å². The number of amidine groups is 1. The first-order valence-electron chi connectivity index (χ1n) is 26.6. The molecular formula is C73H53N3O. The molecule has 0 saturated carbocycles. The van der Waals surface area contributed by atoms with Crippen molar-refractivity contribution < 1.29 is 4.42 Å². The Hall–Kier alpha value is -9.64. The van der Waals surface area contributed by atoms with Gasteiger partial charge in [0.1, 0.15) is 11.2 Å². The number of hydrogen-bond donors (Lipinski definition) is 0. The first-order chi connectivity index (χ1) is 37.8. The minimum absolute atomic E-state index is 0.301. The summed E-state index contributed by atoms with van der Waals surface area (Å²) in [4.78, 5) is 11.3. The summed E-state index contributed by atoms with van der Waals surface area (Å²) in [7, 11) is 0. The van der Waals surface area contributed by atoms with E-state index in [0.717, 1.165) is 98.9 Å². The molecule has 0 aliphatic carbocycles. The lowest BCUT2D eigenvalue weighted by atomic mass is 9.84. The van der Waals surface area contributed by atoms with Gasteiger partial charge >= 0.3 is 0 Å². The summed E-state index contributed by atoms with van der Waals surface area (Å²) in [6, 6.07) is 85.2. The van der Waals surface area contributed by atoms with Gasteiger partial charge in [0, 0.05) is 55.0 Å². The Morgan fingerprint density at radius 2 is 1.04 bits per heavy atom. The van der Waals surface area contributed by atoms with Crippen molar-refractivity contribution in [1.29, 1.82) is 0 Å². The monoisotopic (exact) mass is 987 g/mol. The van der Waals surface area contributed by atoms with E-state index in [2.05, 4.69) is 262 Å². The van der Waals surface area contributed by atoms with Crippen LogP contribution in [-0.4, -0.2) is 16.1 Å². The van der Waals surface area contributed by atoms with Crippen LogP contribution >= 0.6 is 0 Å². The van der Waals surface area contributed by atoms with Crippen LogP contribution in [0.4, 0.5) is 0 Å². The van der Waals surface area contributed by atoms with E-state index >= 15 is 0 Å². The Balaban J connectivity index is 1.03. The number of rotatable bonds is 9. The van der Waals surface area contributed by atoms with Crippen LogP contribution in [0.25, 0.3) is 109 Å². The molecule has 0 unspecified atom stereocenters. The molecule has 0 spiro atoms. The highest BCUT2D eigenvalue weighted by Crippen LogP contribution is 2.42. The van der Waals surface area contributed by atoms with E-state index < -0.39 is 0 Å². The van der Waals surface area contributed by atoms with Crippen molar-refractivity contribution in [2.45, 2.75) is 33.1 Å². The maximum absolute atomic E-state index is 7.00. The summed E-state index contributed by atoms with van der Waals surface area (Å²) >= 11 is 0. The van der Waals surface area contributed by atoms with Gasteiger partial charge in [-0.3, -0.25) is 0 Å². The molecule has 366 valence electrons. The molecular weight excluding hydrogens is 935 g/mol. The maximum atomic E-state index is 7.00. The molecule has 4 heteroatoms. The third-order valence-electron chi connectivity index (χ3n) is 15.7. The van der Waals surface area contributed by atoms with Gasteiger partial charge in [0.15, 0.2) is 5.84 Å². The number of aliphatic imine (C=N–C) groups is 2. The minimum Gasteiger partial charge on any atom is -0.455 e. The van der Waals surface area contributed by atoms with Crippen LogP contribution in [0.15, 0.2) is 258 Å². The van der Waals surface area contributed by atoms with Crippen LogP contribution in [-0.2, 0) is 6.42 Å². The number of para-hydroxylation sites is 2. The Morgan fingerprint density at radius 3 is 1.79 bits per heavy atom. The average Bonchev–Trinajstić information content (AvgIpc) is 4.04. The average molecular weight is 988 g/mol. The lowest BCUT2D eigenvalue weighted by molar-refractivity contribution is 0.672. The molecule has 14 aromatic rings. The van der Waals surface area contributed by atoms with Crippen molar-refractivity contribution in [2.24, 2.45) is 9.98 Å². The number of hydrogen-bond acceptors (Lipinski definition) is 2. The van der Waals surface area contributed by atoms with Crippen molar-refractivity contribution in [3.05, 3.63) is 277 Å². The smallest absolute Gasteiger partial charge is 0.160 e. The molecule has 0 fully saturated rings. The molecule has 14 rings (SSSR count). The molecule has 2 heterocycles. The Labute approximate surface area is 447 Å². The fourth-order valence-corrected chi connectivity index (χ4v) is 12.0. The van der Waals surface area contributed by atoms with Crippen LogP contribution in [0.1, 0.15) is 60.1 Å². The van der Waals surface area contributed by atoms with Gasteiger partial charge in [-0.25, -0.2) is 9.98 Å². The Kier molecular flexibility index (Phi) is 11.1. The molecule has 12 aromatic carbocycles. The summed E-state index contributed by atoms with van der Waals surface area (Å²) in [5, 5.41) is 13.7. The molecule has 0 saturated heterocycles. The first kappa shape index (κ1) is 45.9. The topological polar surface area (TPSA) is 42.8 Å². The van der Waals surface area contributed by atoms with Gasteiger partial charge in [0.2, 0.25) is 0 Å². The van der Waals surface area contributed by atoms with Gasteiger partial charge < -0.3 is 8.98 Å². The van der Waals surface area contributed by atoms with Crippen molar-refractivity contribution in [1.82, 2.24) is 4.57 Å². The zero-order valence-electron chi connectivity index (χ0n) is 43.3. The zero-order chi connectivity index (χ0) is 51.7. The van der Waals surface area contributed by atoms with E-state index in [-0.39, 0.29) is 0 Å². The summed E-state index contributed by atoms with van der Waals surface area (Å²) in [6.07, 6.45) is 0.637. The number of nitrogens with zero attached hydrogens (tertiary/aromatic N) is 3. The van der Waals surface area contributed by atoms with Crippen molar-refractivity contribution in [2.75, 3.05) is 0 Å². The van der Waals surface area contributed by atoms with Gasteiger partial charge in [-0.2, -0.15) is 0 Å². The second kappa shape index (κ2) is 18.6. The molecule has 2 aromatic heterocycles. The highest BCUT2D eigenvalue weighted by Gasteiger charge is 2.23. The molecule has 0 bridgehead atoms. The normalized spacial score (nSPS) is 12.5. The van der Waals surface area contributed by atoms with E-state index in [9.17, 15) is 0 Å². The molecule has 0 aliphatic heterocycles. The zero-order valence-corrected chi connectivity index (χ0v) is 43.3. The third-order valence-corrected chi connectivity index (χ3v) is 15.7. The lowest BCUT2D eigenvalue weighted by Crippen LogP contribution is -2.08. The molecule has 77 heavy (non-hydrogen) atoms. The summed E-state index contributed by atoms with van der Waals surface area (Å²) in [6.45, 7) is 11.5. The fourth-order valence-electron chi connectivity index (χ4n) is 12.0. The lowest BCUT2D eigenvalue weighted by Gasteiger charge is -2.20. The van der Waals surface area contributed by atoms with E-state index in [0.29, 0.717) is 23.9 Å². The standard InChI is InChI=1S/C73H53N3O/c1-45(2)63-40-51-23-10-11-25-53(51)42-66(63)65-41-52-24-9-8-22-50(52)38-54(65)39-55-43-67-60-37-36-49-21-13-15-30-59(49)72(60)77-70(67)44-64(55)47(4)75-73(74-46(3)57-32-18-26-48-20-12-14-29-58(48)57)62-33-19-35-69-71(62)61-31-16-17-34-68(61)76(69)56-27-6-5-7-28-56/h5-38,40-45H,3,39H2,1-2,4H3/b74-73-,75-47+. The van der Waals surface area contributed by atoms with Crippen LogP contribution in [0.2, 0.25) is 0 Å². The number of benzene rings is 12. The molecule has 0 amide bonds. The van der Waals surface area contributed by atoms with Crippen molar-refractivity contribution in [3.8, 4) is 16.8 Å². The second-order valence-corrected chi connectivity index (χ2v) is 20.7. The van der Waals surface area contributed by atoms with Gasteiger partial charge in [0.25, 0.3) is 0 Å². The third kappa shape index (κ3) is 7.91. The summed E-state index contributed by atoms with van der Waals surface area (Å²) in [5.74, 6) is 0.877. The maximum Gasteiger partial charge on any atom is 0.160 e. The highest BCUT2D eigenvalue weighted by molar-refractivity contribution is 6.24. The van der Waals surface area contributed by atoms with E-state index in [4.69, 9.17) is 21.0 Å². The summed E-state index contributed by atoms with van der Waals surface area (Å²) < 4.78 is 9.34. The van der Waals surface area contributed by atoms with Crippen molar-refractivity contribution in [3.63, 3.8) is 0 Å². The number of furan rings is 1. The van der Waals surface area contributed by atoms with Crippen molar-refractivity contribution >= 4 is 104 Å². The Morgan fingerprint density at radius 1 is 0.455 bits per heavy atom. The summed E-state index contributed by atoms with van der Waals surface area (Å²) in [5.41, 5.74) is 15.5. The predicted molar refractivity (Wildman–Crippen MR) is 328 cm³/mol. The Bertz CT molecular complexity index is 4770. The number of aromatic nitrogens is 1. The molecule has 0 N–H and O–H groups in total. The predicted octanol–water partition coefficient (Wildman–Crippen LogP) is 19.6. The van der Waals surface area contributed by atoms with E-state index in [1.807, 2.05) is 0 Å². The van der Waals surface area contributed by atoms with E-state index in [1.165, 1.54) is 43.8 Å². The van der Waals surface area contributed by atoms with Crippen LogP contribution in [0, 0.1) is 0 Å². The molecule has 4 nitrogen and oxygen atoms in total. The highest BCUT2D eigenvalue weighted by atomic mass is 16.3.